The molecule has 0 aromatic heterocycles. The van der Waals surface area contributed by atoms with Gasteiger partial charge in [0.25, 0.3) is 0 Å². The Morgan fingerprint density at radius 3 is 2.88 bits per heavy atom. The van der Waals surface area contributed by atoms with Crippen LogP contribution >= 0.6 is 0 Å². The van der Waals surface area contributed by atoms with Crippen LogP contribution in [-0.2, 0) is 4.74 Å². The standard InChI is InChI=1S/C7H13O/c1-3-4-5-6-7-8-2/h3-4H,1,5-7H2,2H3. The molecule has 47 valence electrons. The van der Waals surface area contributed by atoms with Crippen LogP contribution in [0.2, 0.25) is 0 Å². The number of unbranched alkanes of at least 4 members (excludes halogenated alkanes) is 1. The van der Waals surface area contributed by atoms with E-state index in [-0.39, 0.29) is 0 Å². The van der Waals surface area contributed by atoms with E-state index in [9.17, 15) is 0 Å². The molecule has 0 amide bonds. The number of rotatable bonds is 4. The molecule has 0 aromatic carbocycles. The average molecular weight is 113 g/mol. The number of ether oxygens (including phenoxy) is 1. The zero-order valence-electron chi connectivity index (χ0n) is 5.39. The quantitative estimate of drug-likeness (QED) is 0.505. The number of allylic oxidation sites excluding steroid dienone is 2. The van der Waals surface area contributed by atoms with Crippen molar-refractivity contribution < 1.29 is 4.74 Å². The lowest BCUT2D eigenvalue weighted by Crippen LogP contribution is -1.85. The minimum Gasteiger partial charge on any atom is -0.385 e. The van der Waals surface area contributed by atoms with Crippen molar-refractivity contribution in [3.63, 3.8) is 0 Å². The molecule has 0 spiro atoms. The van der Waals surface area contributed by atoms with Crippen LogP contribution in [0.15, 0.2) is 12.2 Å². The van der Waals surface area contributed by atoms with E-state index in [1.165, 1.54) is 0 Å². The van der Waals surface area contributed by atoms with Gasteiger partial charge in [-0.05, 0) is 19.8 Å². The van der Waals surface area contributed by atoms with Crippen molar-refractivity contribution in [1.82, 2.24) is 0 Å². The maximum absolute atomic E-state index is 4.83. The zero-order valence-corrected chi connectivity index (χ0v) is 5.39. The fraction of sp³-hybridized carbons (Fsp3) is 0.571. The lowest BCUT2D eigenvalue weighted by atomic mass is 10.3. The second-order valence-electron chi connectivity index (χ2n) is 1.61. The van der Waals surface area contributed by atoms with Crippen molar-refractivity contribution >= 4 is 0 Å². The fourth-order valence-corrected chi connectivity index (χ4v) is 0.463. The summed E-state index contributed by atoms with van der Waals surface area (Å²) in [5, 5.41) is 0. The topological polar surface area (TPSA) is 9.23 Å². The largest absolute Gasteiger partial charge is 0.385 e. The van der Waals surface area contributed by atoms with Crippen molar-refractivity contribution in [1.29, 1.82) is 0 Å². The Balaban J connectivity index is 2.72. The molecule has 0 saturated heterocycles. The Labute approximate surface area is 51.4 Å². The van der Waals surface area contributed by atoms with Crippen LogP contribution in [0.25, 0.3) is 0 Å². The van der Waals surface area contributed by atoms with Gasteiger partial charge in [-0.1, -0.05) is 12.2 Å². The Kier molecular flexibility index (Phi) is 6.45. The molecule has 0 bridgehead atoms. The molecule has 0 rings (SSSR count). The molecule has 1 nitrogen and oxygen atoms in total. The van der Waals surface area contributed by atoms with Crippen molar-refractivity contribution in [2.24, 2.45) is 0 Å². The third-order valence-electron chi connectivity index (χ3n) is 0.886. The van der Waals surface area contributed by atoms with E-state index in [4.69, 9.17) is 4.74 Å². The van der Waals surface area contributed by atoms with Gasteiger partial charge < -0.3 is 4.74 Å². The lowest BCUT2D eigenvalue weighted by molar-refractivity contribution is 0.196. The first-order valence-electron chi connectivity index (χ1n) is 2.85. The number of methoxy groups -OCH3 is 1. The highest BCUT2D eigenvalue weighted by molar-refractivity contribution is 4.83. The summed E-state index contributed by atoms with van der Waals surface area (Å²) in [4.78, 5) is 0. The first kappa shape index (κ1) is 7.70. The Bertz CT molecular complexity index is 57.4. The predicted octanol–water partition coefficient (Wildman–Crippen LogP) is 1.80. The van der Waals surface area contributed by atoms with Gasteiger partial charge in [-0.15, -0.1) is 0 Å². The molecule has 0 unspecified atom stereocenters. The maximum atomic E-state index is 4.83. The van der Waals surface area contributed by atoms with Gasteiger partial charge in [0.1, 0.15) is 0 Å². The van der Waals surface area contributed by atoms with Gasteiger partial charge in [0, 0.05) is 13.7 Å². The summed E-state index contributed by atoms with van der Waals surface area (Å²) in [6.45, 7) is 4.41. The fourth-order valence-electron chi connectivity index (χ4n) is 0.463. The summed E-state index contributed by atoms with van der Waals surface area (Å²) in [5.41, 5.74) is 0. The molecular formula is C7H13O. The second kappa shape index (κ2) is 6.70. The molecule has 0 heterocycles. The van der Waals surface area contributed by atoms with Crippen molar-refractivity contribution in [3.8, 4) is 0 Å². The smallest absolute Gasteiger partial charge is 0.0465 e. The van der Waals surface area contributed by atoms with Crippen molar-refractivity contribution in [3.05, 3.63) is 19.1 Å². The van der Waals surface area contributed by atoms with Crippen LogP contribution in [0, 0.1) is 6.92 Å². The first-order valence-corrected chi connectivity index (χ1v) is 2.85. The molecule has 0 N–H and O–H groups in total. The van der Waals surface area contributed by atoms with Crippen LogP contribution in [0.5, 0.6) is 0 Å². The average Bonchev–Trinajstić information content (AvgIpc) is 1.81. The van der Waals surface area contributed by atoms with Gasteiger partial charge in [0.05, 0.1) is 0 Å². The highest BCUT2D eigenvalue weighted by Crippen LogP contribution is 1.89. The molecule has 0 atom stereocenters. The monoisotopic (exact) mass is 113 g/mol. The van der Waals surface area contributed by atoms with Gasteiger partial charge in [0.15, 0.2) is 0 Å². The van der Waals surface area contributed by atoms with E-state index in [2.05, 4.69) is 6.92 Å². The molecule has 1 heteroatoms. The Hall–Kier alpha value is -0.300. The van der Waals surface area contributed by atoms with Crippen LogP contribution in [0.1, 0.15) is 12.8 Å². The van der Waals surface area contributed by atoms with E-state index in [0.717, 1.165) is 19.4 Å². The molecule has 0 aliphatic carbocycles. The third-order valence-corrected chi connectivity index (χ3v) is 0.886. The second-order valence-corrected chi connectivity index (χ2v) is 1.61. The minimum absolute atomic E-state index is 0.852. The van der Waals surface area contributed by atoms with Gasteiger partial charge in [-0.3, -0.25) is 0 Å². The molecule has 0 fully saturated rings. The van der Waals surface area contributed by atoms with E-state index in [1.54, 1.807) is 7.11 Å². The summed E-state index contributed by atoms with van der Waals surface area (Å²) in [6, 6.07) is 0. The summed E-state index contributed by atoms with van der Waals surface area (Å²) in [5.74, 6) is 0. The van der Waals surface area contributed by atoms with Crippen LogP contribution in [-0.4, -0.2) is 13.7 Å². The van der Waals surface area contributed by atoms with Crippen LogP contribution in [0.3, 0.4) is 0 Å². The summed E-state index contributed by atoms with van der Waals surface area (Å²) < 4.78 is 4.83. The van der Waals surface area contributed by atoms with Crippen LogP contribution in [0.4, 0.5) is 0 Å². The molecule has 0 aliphatic rings. The molecule has 1 radical (unpaired) electrons. The first-order chi connectivity index (χ1) is 3.91. The van der Waals surface area contributed by atoms with Crippen LogP contribution < -0.4 is 0 Å². The third kappa shape index (κ3) is 5.70. The van der Waals surface area contributed by atoms with E-state index in [0.29, 0.717) is 0 Å². The number of hydrogen-bond donors (Lipinski definition) is 0. The highest BCUT2D eigenvalue weighted by atomic mass is 16.5. The predicted molar refractivity (Wildman–Crippen MR) is 35.6 cm³/mol. The zero-order chi connectivity index (χ0) is 6.24. The summed E-state index contributed by atoms with van der Waals surface area (Å²) >= 11 is 0. The molecule has 0 saturated carbocycles. The maximum Gasteiger partial charge on any atom is 0.0465 e. The molecular weight excluding hydrogens is 100 g/mol. The van der Waals surface area contributed by atoms with Gasteiger partial charge in [-0.25, -0.2) is 0 Å². The lowest BCUT2D eigenvalue weighted by Gasteiger charge is -1.91. The Morgan fingerprint density at radius 1 is 1.62 bits per heavy atom. The highest BCUT2D eigenvalue weighted by Gasteiger charge is 1.78. The van der Waals surface area contributed by atoms with Crippen molar-refractivity contribution in [2.45, 2.75) is 12.8 Å². The molecule has 0 aromatic rings. The molecule has 0 aliphatic heterocycles. The summed E-state index contributed by atoms with van der Waals surface area (Å²) in [6.07, 6.45) is 6.04. The summed E-state index contributed by atoms with van der Waals surface area (Å²) in [7, 11) is 1.72. The minimum atomic E-state index is 0.852. The van der Waals surface area contributed by atoms with E-state index < -0.39 is 0 Å². The van der Waals surface area contributed by atoms with E-state index >= 15 is 0 Å². The van der Waals surface area contributed by atoms with Gasteiger partial charge in [0.2, 0.25) is 0 Å². The van der Waals surface area contributed by atoms with Gasteiger partial charge >= 0.3 is 0 Å². The Morgan fingerprint density at radius 2 is 2.38 bits per heavy atom. The normalized spacial score (nSPS) is 10.8. The van der Waals surface area contributed by atoms with Crippen molar-refractivity contribution in [2.75, 3.05) is 13.7 Å². The molecule has 8 heavy (non-hydrogen) atoms. The number of hydrogen-bond acceptors (Lipinski definition) is 1. The SMILES string of the molecule is [CH2]C=CCCCOC. The van der Waals surface area contributed by atoms with E-state index in [1.807, 2.05) is 12.2 Å². The van der Waals surface area contributed by atoms with Gasteiger partial charge in [-0.2, -0.15) is 0 Å².